The van der Waals surface area contributed by atoms with E-state index < -0.39 is 0 Å². The van der Waals surface area contributed by atoms with E-state index in [9.17, 15) is 4.79 Å². The highest BCUT2D eigenvalue weighted by molar-refractivity contribution is 5.93. The predicted molar refractivity (Wildman–Crippen MR) is 121 cm³/mol. The second-order valence-corrected chi connectivity index (χ2v) is 8.07. The molecule has 1 aliphatic rings. The first kappa shape index (κ1) is 21.6. The van der Waals surface area contributed by atoms with Crippen molar-refractivity contribution < 1.29 is 14.3 Å². The van der Waals surface area contributed by atoms with E-state index >= 15 is 0 Å². The fourth-order valence-electron chi connectivity index (χ4n) is 3.57. The van der Waals surface area contributed by atoms with Crippen molar-refractivity contribution in [3.05, 3.63) is 48.4 Å². The van der Waals surface area contributed by atoms with Crippen LogP contribution < -0.4 is 14.4 Å². The van der Waals surface area contributed by atoms with Gasteiger partial charge in [-0.3, -0.25) is 9.89 Å². The van der Waals surface area contributed by atoms with Crippen LogP contribution in [0.3, 0.4) is 0 Å². The number of aromatic nitrogens is 4. The Hall–Kier alpha value is -3.62. The highest BCUT2D eigenvalue weighted by Crippen LogP contribution is 2.28. The van der Waals surface area contributed by atoms with Gasteiger partial charge in [0.2, 0.25) is 5.88 Å². The maximum Gasteiger partial charge on any atom is 0.272 e. The molecule has 0 aliphatic carbocycles. The van der Waals surface area contributed by atoms with Crippen molar-refractivity contribution >= 4 is 11.7 Å². The minimum Gasteiger partial charge on any atom is -0.496 e. The molecule has 3 heterocycles. The summed E-state index contributed by atoms with van der Waals surface area (Å²) in [4.78, 5) is 25.5. The van der Waals surface area contributed by atoms with Crippen molar-refractivity contribution in [2.75, 3.05) is 44.8 Å². The molecule has 1 aromatic carbocycles. The maximum atomic E-state index is 13.0. The third-order valence-corrected chi connectivity index (χ3v) is 5.27. The maximum absolute atomic E-state index is 13.0. The summed E-state index contributed by atoms with van der Waals surface area (Å²) in [6.07, 6.45) is 1.52. The number of H-pyrrole nitrogens is 1. The molecular weight excluding hydrogens is 408 g/mol. The Morgan fingerprint density at radius 1 is 1.12 bits per heavy atom. The third kappa shape index (κ3) is 4.82. The Morgan fingerprint density at radius 2 is 1.91 bits per heavy atom. The first-order valence-corrected chi connectivity index (χ1v) is 10.7. The number of methoxy groups -OCH3 is 1. The molecule has 1 saturated heterocycles. The molecule has 1 N–H and O–H groups in total. The van der Waals surface area contributed by atoms with Gasteiger partial charge in [-0.2, -0.15) is 5.10 Å². The van der Waals surface area contributed by atoms with E-state index in [1.54, 1.807) is 13.2 Å². The van der Waals surface area contributed by atoms with Gasteiger partial charge in [-0.05, 0) is 24.1 Å². The number of hydrogen-bond acceptors (Lipinski definition) is 7. The first-order chi connectivity index (χ1) is 15.5. The Balaban J connectivity index is 1.38. The molecule has 4 rings (SSSR count). The fraction of sp³-hybridized carbons (Fsp3) is 0.391. The summed E-state index contributed by atoms with van der Waals surface area (Å²) >= 11 is 0. The van der Waals surface area contributed by atoms with Crippen LogP contribution in [0.5, 0.6) is 11.6 Å². The molecule has 168 valence electrons. The van der Waals surface area contributed by atoms with Crippen LogP contribution in [-0.4, -0.2) is 70.9 Å². The summed E-state index contributed by atoms with van der Waals surface area (Å²) in [5.41, 5.74) is 1.99. The Labute approximate surface area is 187 Å². The molecule has 0 spiro atoms. The minimum absolute atomic E-state index is 0.0676. The molecule has 1 aliphatic heterocycles. The summed E-state index contributed by atoms with van der Waals surface area (Å²) in [6, 6.07) is 11.2. The molecule has 2 aromatic heterocycles. The number of carbonyl (C=O) groups is 1. The van der Waals surface area contributed by atoms with Gasteiger partial charge in [0.25, 0.3) is 5.91 Å². The number of nitrogens with one attached hydrogen (secondary N) is 1. The van der Waals surface area contributed by atoms with E-state index in [1.165, 1.54) is 6.33 Å². The van der Waals surface area contributed by atoms with Crippen LogP contribution >= 0.6 is 0 Å². The van der Waals surface area contributed by atoms with E-state index in [4.69, 9.17) is 9.47 Å². The zero-order valence-electron chi connectivity index (χ0n) is 18.6. The molecule has 9 nitrogen and oxygen atoms in total. The van der Waals surface area contributed by atoms with Crippen LogP contribution in [-0.2, 0) is 0 Å². The van der Waals surface area contributed by atoms with Crippen LogP contribution in [0.15, 0.2) is 42.7 Å². The predicted octanol–water partition coefficient (Wildman–Crippen LogP) is 2.87. The van der Waals surface area contributed by atoms with Crippen LogP contribution in [0, 0.1) is 5.92 Å². The molecule has 0 unspecified atom stereocenters. The van der Waals surface area contributed by atoms with E-state index in [2.05, 4.69) is 38.9 Å². The van der Waals surface area contributed by atoms with E-state index in [1.807, 2.05) is 35.2 Å². The van der Waals surface area contributed by atoms with Gasteiger partial charge in [0.15, 0.2) is 0 Å². The van der Waals surface area contributed by atoms with Gasteiger partial charge in [-0.15, -0.1) is 0 Å². The Morgan fingerprint density at radius 3 is 2.66 bits per heavy atom. The topological polar surface area (TPSA) is 96.5 Å². The molecule has 3 aromatic rings. The van der Waals surface area contributed by atoms with Gasteiger partial charge >= 0.3 is 0 Å². The fourth-order valence-corrected chi connectivity index (χ4v) is 3.57. The van der Waals surface area contributed by atoms with Gasteiger partial charge < -0.3 is 19.3 Å². The van der Waals surface area contributed by atoms with Crippen molar-refractivity contribution in [3.63, 3.8) is 0 Å². The molecule has 1 amide bonds. The molecule has 0 atom stereocenters. The average molecular weight is 437 g/mol. The second kappa shape index (κ2) is 9.67. The van der Waals surface area contributed by atoms with Gasteiger partial charge in [0.1, 0.15) is 23.6 Å². The molecule has 32 heavy (non-hydrogen) atoms. The zero-order valence-corrected chi connectivity index (χ0v) is 18.6. The second-order valence-electron chi connectivity index (χ2n) is 8.07. The highest BCUT2D eigenvalue weighted by atomic mass is 16.5. The normalized spacial score (nSPS) is 14.0. The summed E-state index contributed by atoms with van der Waals surface area (Å²) in [7, 11) is 1.62. The molecule has 0 radical (unpaired) electrons. The van der Waals surface area contributed by atoms with Crippen molar-refractivity contribution in [3.8, 4) is 22.9 Å². The number of ether oxygens (including phenoxy) is 2. The van der Waals surface area contributed by atoms with Crippen LogP contribution in [0.1, 0.15) is 24.3 Å². The average Bonchev–Trinajstić information content (AvgIpc) is 3.32. The number of amides is 1. The number of piperazine rings is 1. The number of aromatic amines is 1. The highest BCUT2D eigenvalue weighted by Gasteiger charge is 2.25. The molecule has 0 saturated carbocycles. The minimum atomic E-state index is -0.0676. The number of para-hydroxylation sites is 1. The number of benzene rings is 1. The SMILES string of the molecule is COc1ccccc1-c1cc(C(=O)N2CCN(c3cc(OCC(C)C)ncn3)CC2)[nH]n1. The molecule has 0 bridgehead atoms. The zero-order chi connectivity index (χ0) is 22.5. The van der Waals surface area contributed by atoms with Gasteiger partial charge in [0.05, 0.1) is 19.4 Å². The lowest BCUT2D eigenvalue weighted by molar-refractivity contribution is 0.0740. The molecule has 9 heteroatoms. The molecule has 1 fully saturated rings. The lowest BCUT2D eigenvalue weighted by Gasteiger charge is -2.35. The van der Waals surface area contributed by atoms with E-state index in [0.717, 1.165) is 11.4 Å². The third-order valence-electron chi connectivity index (χ3n) is 5.27. The number of anilines is 1. The lowest BCUT2D eigenvalue weighted by Crippen LogP contribution is -2.49. The van der Waals surface area contributed by atoms with Crippen molar-refractivity contribution in [2.24, 2.45) is 5.92 Å². The number of hydrogen-bond donors (Lipinski definition) is 1. The van der Waals surface area contributed by atoms with Crippen LogP contribution in [0.4, 0.5) is 5.82 Å². The van der Waals surface area contributed by atoms with Crippen molar-refractivity contribution in [1.82, 2.24) is 25.1 Å². The summed E-state index contributed by atoms with van der Waals surface area (Å²) in [5.74, 6) is 2.46. The van der Waals surface area contributed by atoms with Gasteiger partial charge in [-0.25, -0.2) is 9.97 Å². The van der Waals surface area contributed by atoms with Crippen LogP contribution in [0.2, 0.25) is 0 Å². The first-order valence-electron chi connectivity index (χ1n) is 10.7. The standard InChI is InChI=1S/C23H28N6O3/c1-16(2)14-32-22-13-21(24-15-25-22)28-8-10-29(11-9-28)23(30)19-12-18(26-27-19)17-6-4-5-7-20(17)31-3/h4-7,12-13,15-16H,8-11,14H2,1-3H3,(H,26,27). The van der Waals surface area contributed by atoms with E-state index in [0.29, 0.717) is 61.7 Å². The number of carbonyl (C=O) groups excluding carboxylic acids is 1. The smallest absolute Gasteiger partial charge is 0.272 e. The van der Waals surface area contributed by atoms with Gasteiger partial charge in [-0.1, -0.05) is 26.0 Å². The van der Waals surface area contributed by atoms with Crippen molar-refractivity contribution in [1.29, 1.82) is 0 Å². The van der Waals surface area contributed by atoms with E-state index in [-0.39, 0.29) is 5.91 Å². The monoisotopic (exact) mass is 436 g/mol. The molecular formula is C23H28N6O3. The summed E-state index contributed by atoms with van der Waals surface area (Å²) < 4.78 is 11.1. The summed E-state index contributed by atoms with van der Waals surface area (Å²) in [6.45, 7) is 7.34. The van der Waals surface area contributed by atoms with Crippen molar-refractivity contribution in [2.45, 2.75) is 13.8 Å². The Kier molecular flexibility index (Phi) is 6.53. The lowest BCUT2D eigenvalue weighted by atomic mass is 10.1. The largest absolute Gasteiger partial charge is 0.496 e. The number of nitrogens with zero attached hydrogens (tertiary/aromatic N) is 5. The number of rotatable bonds is 7. The van der Waals surface area contributed by atoms with Crippen LogP contribution in [0.25, 0.3) is 11.3 Å². The van der Waals surface area contributed by atoms with Gasteiger partial charge in [0, 0.05) is 37.8 Å². The quantitative estimate of drug-likeness (QED) is 0.608. The Bertz CT molecular complexity index is 1060. The summed E-state index contributed by atoms with van der Waals surface area (Å²) in [5, 5.41) is 7.20.